The molecule has 2 aliphatic heterocycles. The third-order valence-electron chi connectivity index (χ3n) is 6.92. The minimum Gasteiger partial charge on any atom is -0.406 e. The molecule has 1 spiro atoms. The fourth-order valence-electron chi connectivity index (χ4n) is 4.83. The average Bonchev–Trinajstić information content (AvgIpc) is 3.01. The van der Waals surface area contributed by atoms with E-state index in [9.17, 15) is 27.6 Å². The SMILES string of the molecule is CC1CCC2(CC1)NC(=O)N(CN1CCN(CC(=O)Nc3ccc(OC(F)(F)F)cc3)CC1)C2=O. The van der Waals surface area contributed by atoms with Crippen LogP contribution in [0.25, 0.3) is 0 Å². The third-order valence-corrected chi connectivity index (χ3v) is 6.92. The van der Waals surface area contributed by atoms with Crippen LogP contribution in [-0.4, -0.2) is 83.8 Å². The van der Waals surface area contributed by atoms with Crippen LogP contribution in [0.5, 0.6) is 5.75 Å². The summed E-state index contributed by atoms with van der Waals surface area (Å²) < 4.78 is 40.6. The molecular formula is C23H30F3N5O4. The largest absolute Gasteiger partial charge is 0.573 e. The molecule has 1 aromatic rings. The van der Waals surface area contributed by atoms with Crippen molar-refractivity contribution in [2.24, 2.45) is 5.92 Å². The van der Waals surface area contributed by atoms with E-state index in [0.29, 0.717) is 50.6 Å². The fraction of sp³-hybridized carbons (Fsp3) is 0.609. The molecule has 0 unspecified atom stereocenters. The quantitative estimate of drug-likeness (QED) is 0.587. The van der Waals surface area contributed by atoms with E-state index < -0.39 is 11.9 Å². The molecule has 4 amide bonds. The second-order valence-corrected chi connectivity index (χ2v) is 9.58. The van der Waals surface area contributed by atoms with Crippen molar-refractivity contribution in [2.45, 2.75) is 44.5 Å². The molecule has 3 aliphatic rings. The highest BCUT2D eigenvalue weighted by molar-refractivity contribution is 6.07. The summed E-state index contributed by atoms with van der Waals surface area (Å²) in [6.07, 6.45) is -1.57. The number of hydrogen-bond donors (Lipinski definition) is 2. The van der Waals surface area contributed by atoms with Crippen LogP contribution >= 0.6 is 0 Å². The van der Waals surface area contributed by atoms with Gasteiger partial charge in [-0.15, -0.1) is 13.2 Å². The summed E-state index contributed by atoms with van der Waals surface area (Å²) in [6.45, 7) is 4.87. The van der Waals surface area contributed by atoms with Crippen molar-refractivity contribution >= 4 is 23.5 Å². The molecule has 4 rings (SSSR count). The molecule has 9 nitrogen and oxygen atoms in total. The molecule has 1 aliphatic carbocycles. The number of amides is 4. The van der Waals surface area contributed by atoms with E-state index in [2.05, 4.69) is 22.3 Å². The van der Waals surface area contributed by atoms with Crippen molar-refractivity contribution in [1.29, 1.82) is 0 Å². The summed E-state index contributed by atoms with van der Waals surface area (Å²) in [5, 5.41) is 5.60. The number of benzene rings is 1. The highest BCUT2D eigenvalue weighted by atomic mass is 19.4. The molecule has 1 aromatic carbocycles. The Labute approximate surface area is 201 Å². The first kappa shape index (κ1) is 25.2. The number of anilines is 1. The molecule has 2 N–H and O–H groups in total. The second-order valence-electron chi connectivity index (χ2n) is 9.58. The first-order chi connectivity index (χ1) is 16.5. The van der Waals surface area contributed by atoms with Gasteiger partial charge in [0.05, 0.1) is 13.2 Å². The van der Waals surface area contributed by atoms with Crippen LogP contribution in [0.2, 0.25) is 0 Å². The summed E-state index contributed by atoms with van der Waals surface area (Å²) in [5.41, 5.74) is -0.381. The van der Waals surface area contributed by atoms with Crippen molar-refractivity contribution in [3.05, 3.63) is 24.3 Å². The lowest BCUT2D eigenvalue weighted by atomic mass is 9.77. The van der Waals surface area contributed by atoms with Crippen LogP contribution < -0.4 is 15.4 Å². The predicted molar refractivity (Wildman–Crippen MR) is 120 cm³/mol. The van der Waals surface area contributed by atoms with Crippen LogP contribution in [-0.2, 0) is 9.59 Å². The molecule has 35 heavy (non-hydrogen) atoms. The van der Waals surface area contributed by atoms with Crippen molar-refractivity contribution in [3.63, 3.8) is 0 Å². The van der Waals surface area contributed by atoms with E-state index in [4.69, 9.17) is 0 Å². The molecule has 0 aromatic heterocycles. The Bertz CT molecular complexity index is 939. The predicted octanol–water partition coefficient (Wildman–Crippen LogP) is 2.60. The Balaban J connectivity index is 1.21. The highest BCUT2D eigenvalue weighted by Crippen LogP contribution is 2.36. The number of rotatable bonds is 6. The van der Waals surface area contributed by atoms with Gasteiger partial charge in [0.15, 0.2) is 0 Å². The molecular weight excluding hydrogens is 467 g/mol. The molecule has 192 valence electrons. The van der Waals surface area contributed by atoms with Crippen molar-refractivity contribution in [3.8, 4) is 5.75 Å². The Morgan fingerprint density at radius 2 is 1.69 bits per heavy atom. The van der Waals surface area contributed by atoms with Gasteiger partial charge in [-0.3, -0.25) is 19.4 Å². The topological polar surface area (TPSA) is 94.2 Å². The van der Waals surface area contributed by atoms with Gasteiger partial charge in [-0.1, -0.05) is 6.92 Å². The first-order valence-corrected chi connectivity index (χ1v) is 11.8. The Hall–Kier alpha value is -2.86. The van der Waals surface area contributed by atoms with E-state index in [1.807, 2.05) is 9.80 Å². The van der Waals surface area contributed by atoms with Gasteiger partial charge < -0.3 is 15.4 Å². The molecule has 2 saturated heterocycles. The third kappa shape index (κ3) is 6.23. The second kappa shape index (κ2) is 10.0. The first-order valence-electron chi connectivity index (χ1n) is 11.8. The van der Waals surface area contributed by atoms with Crippen molar-refractivity contribution < 1.29 is 32.3 Å². The molecule has 0 bridgehead atoms. The van der Waals surface area contributed by atoms with Crippen LogP contribution in [0.3, 0.4) is 0 Å². The van der Waals surface area contributed by atoms with Gasteiger partial charge >= 0.3 is 12.4 Å². The number of piperazine rings is 1. The number of halogens is 3. The number of nitrogens with one attached hydrogen (secondary N) is 2. The van der Waals surface area contributed by atoms with Crippen LogP contribution in [0, 0.1) is 5.92 Å². The molecule has 1 saturated carbocycles. The van der Waals surface area contributed by atoms with Gasteiger partial charge in [-0.25, -0.2) is 9.69 Å². The van der Waals surface area contributed by atoms with E-state index in [1.165, 1.54) is 17.0 Å². The van der Waals surface area contributed by atoms with Crippen LogP contribution in [0.15, 0.2) is 24.3 Å². The summed E-state index contributed by atoms with van der Waals surface area (Å²) in [5.74, 6) is -0.221. The Morgan fingerprint density at radius 3 is 2.29 bits per heavy atom. The van der Waals surface area contributed by atoms with E-state index >= 15 is 0 Å². The Morgan fingerprint density at radius 1 is 1.09 bits per heavy atom. The molecule has 0 radical (unpaired) electrons. The molecule has 12 heteroatoms. The maximum Gasteiger partial charge on any atom is 0.573 e. The van der Waals surface area contributed by atoms with Gasteiger partial charge in [0.2, 0.25) is 5.91 Å². The number of nitrogens with zero attached hydrogens (tertiary/aromatic N) is 3. The zero-order valence-electron chi connectivity index (χ0n) is 19.6. The van der Waals surface area contributed by atoms with Gasteiger partial charge in [-0.2, -0.15) is 0 Å². The van der Waals surface area contributed by atoms with Crippen molar-refractivity contribution in [1.82, 2.24) is 20.0 Å². The van der Waals surface area contributed by atoms with Gasteiger partial charge in [0.1, 0.15) is 11.3 Å². The number of hydrogen-bond acceptors (Lipinski definition) is 6. The van der Waals surface area contributed by atoms with Crippen molar-refractivity contribution in [2.75, 3.05) is 44.7 Å². The highest BCUT2D eigenvalue weighted by Gasteiger charge is 2.52. The lowest BCUT2D eigenvalue weighted by molar-refractivity contribution is -0.274. The molecule has 3 fully saturated rings. The van der Waals surface area contributed by atoms with Crippen LogP contribution in [0.1, 0.15) is 32.6 Å². The summed E-state index contributed by atoms with van der Waals surface area (Å²) >= 11 is 0. The number of imide groups is 1. The zero-order valence-corrected chi connectivity index (χ0v) is 19.6. The fourth-order valence-corrected chi connectivity index (χ4v) is 4.83. The molecule has 0 atom stereocenters. The maximum atomic E-state index is 13.0. The molecule has 2 heterocycles. The smallest absolute Gasteiger partial charge is 0.406 e. The normalized spacial score (nSPS) is 26.2. The van der Waals surface area contributed by atoms with E-state index in [1.54, 1.807) is 0 Å². The summed E-state index contributed by atoms with van der Waals surface area (Å²) in [7, 11) is 0. The number of urea groups is 1. The average molecular weight is 498 g/mol. The standard InChI is InChI=1S/C23H30F3N5O4/c1-16-6-8-22(9-7-16)20(33)31(21(34)28-22)15-30-12-10-29(11-13-30)14-19(32)27-17-2-4-18(5-3-17)35-23(24,25)26/h2-5,16H,6-15H2,1H3,(H,27,32)(H,28,34). The summed E-state index contributed by atoms with van der Waals surface area (Å²) in [6, 6.07) is 4.62. The number of ether oxygens (including phenoxy) is 1. The van der Waals surface area contributed by atoms with Crippen LogP contribution in [0.4, 0.5) is 23.7 Å². The van der Waals surface area contributed by atoms with Gasteiger partial charge in [0, 0.05) is 31.9 Å². The number of carbonyl (C=O) groups is 3. The number of alkyl halides is 3. The van der Waals surface area contributed by atoms with E-state index in [0.717, 1.165) is 25.0 Å². The van der Waals surface area contributed by atoms with Gasteiger partial charge in [-0.05, 0) is 55.9 Å². The van der Waals surface area contributed by atoms with Gasteiger partial charge in [0.25, 0.3) is 5.91 Å². The van der Waals surface area contributed by atoms with E-state index in [-0.39, 0.29) is 36.8 Å². The Kier molecular flexibility index (Phi) is 7.22. The number of carbonyl (C=O) groups excluding carboxylic acids is 3. The minimum atomic E-state index is -4.77. The lowest BCUT2D eigenvalue weighted by Gasteiger charge is -2.36. The zero-order chi connectivity index (χ0) is 25.2. The summed E-state index contributed by atoms with van der Waals surface area (Å²) in [4.78, 5) is 43.2. The minimum absolute atomic E-state index is 0.124. The maximum absolute atomic E-state index is 13.0. The monoisotopic (exact) mass is 497 g/mol. The lowest BCUT2D eigenvalue weighted by Crippen LogP contribution is -2.53.